The number of piperidine rings is 1. The first kappa shape index (κ1) is 21.5. The molecule has 0 saturated carbocycles. The van der Waals surface area contributed by atoms with Crippen LogP contribution in [0.3, 0.4) is 0 Å². The van der Waals surface area contributed by atoms with E-state index >= 15 is 0 Å². The third kappa shape index (κ3) is 3.54. The number of fused-ring (bicyclic) bond motifs is 1. The molecule has 4 heterocycles. The van der Waals surface area contributed by atoms with E-state index in [-0.39, 0.29) is 6.04 Å². The van der Waals surface area contributed by atoms with E-state index in [1.54, 1.807) is 0 Å². The van der Waals surface area contributed by atoms with E-state index in [1.807, 2.05) is 0 Å². The molecule has 0 aliphatic carbocycles. The van der Waals surface area contributed by atoms with Crippen molar-refractivity contribution in [1.29, 1.82) is 0 Å². The summed E-state index contributed by atoms with van der Waals surface area (Å²) in [6.45, 7) is 13.0. The van der Waals surface area contributed by atoms with Gasteiger partial charge >= 0.3 is 0 Å². The summed E-state index contributed by atoms with van der Waals surface area (Å²) in [7, 11) is 0. The zero-order valence-electron chi connectivity index (χ0n) is 20.4. The van der Waals surface area contributed by atoms with Gasteiger partial charge in [0.05, 0.1) is 16.7 Å². The van der Waals surface area contributed by atoms with E-state index in [0.29, 0.717) is 5.92 Å². The number of hydrogen-bond acceptors (Lipinski definition) is 3. The number of imidazole rings is 1. The Hall–Kier alpha value is -3.05. The highest BCUT2D eigenvalue weighted by Gasteiger charge is 2.25. The van der Waals surface area contributed by atoms with Crippen LogP contribution >= 0.6 is 0 Å². The summed E-state index contributed by atoms with van der Waals surface area (Å²) in [5.41, 5.74) is 14.8. The highest BCUT2D eigenvalue weighted by Crippen LogP contribution is 2.36. The quantitative estimate of drug-likeness (QED) is 0.425. The topological polar surface area (TPSA) is 52.0 Å². The average Bonchev–Trinajstić information content (AvgIpc) is 3.38. The second-order valence-corrected chi connectivity index (χ2v) is 10.6. The normalized spacial score (nSPS) is 18.4. The van der Waals surface area contributed by atoms with Gasteiger partial charge in [0, 0.05) is 48.8 Å². The second-order valence-electron chi connectivity index (χ2n) is 10.6. The lowest BCUT2D eigenvalue weighted by Crippen LogP contribution is -2.41. The highest BCUT2D eigenvalue weighted by molar-refractivity contribution is 5.90. The van der Waals surface area contributed by atoms with Crippen molar-refractivity contribution in [2.24, 2.45) is 11.7 Å². The number of rotatable bonds is 5. The van der Waals surface area contributed by atoms with Crippen molar-refractivity contribution in [2.75, 3.05) is 13.1 Å². The molecule has 2 aliphatic heterocycles. The Labute approximate surface area is 201 Å². The van der Waals surface area contributed by atoms with Crippen LogP contribution in [0.25, 0.3) is 39.2 Å². The van der Waals surface area contributed by atoms with Gasteiger partial charge in [-0.25, -0.2) is 4.98 Å². The predicted molar refractivity (Wildman–Crippen MR) is 142 cm³/mol. The van der Waals surface area contributed by atoms with E-state index in [4.69, 9.17) is 10.7 Å². The summed E-state index contributed by atoms with van der Waals surface area (Å²) in [6.07, 6.45) is 4.47. The van der Waals surface area contributed by atoms with Gasteiger partial charge in [-0.15, -0.1) is 0 Å². The van der Waals surface area contributed by atoms with Gasteiger partial charge in [-0.3, -0.25) is 0 Å². The van der Waals surface area contributed by atoms with E-state index in [0.717, 1.165) is 68.9 Å². The molecule has 0 bridgehead atoms. The molecular formula is C29H35N5. The maximum Gasteiger partial charge on any atom is 0.157 e. The van der Waals surface area contributed by atoms with Gasteiger partial charge < -0.3 is 19.8 Å². The molecule has 0 amide bonds. The van der Waals surface area contributed by atoms with Crippen LogP contribution in [-0.4, -0.2) is 38.1 Å². The number of benzene rings is 2. The fraction of sp³-hybridized carbons (Fsp3) is 0.414. The van der Waals surface area contributed by atoms with Gasteiger partial charge in [-0.2, -0.15) is 0 Å². The van der Waals surface area contributed by atoms with Crippen LogP contribution in [0.2, 0.25) is 0 Å². The molecule has 5 heteroatoms. The van der Waals surface area contributed by atoms with Crippen LogP contribution in [0.5, 0.6) is 0 Å². The van der Waals surface area contributed by atoms with Crippen molar-refractivity contribution in [3.05, 3.63) is 60.2 Å². The molecular weight excluding hydrogens is 418 g/mol. The van der Waals surface area contributed by atoms with Crippen LogP contribution in [0.1, 0.15) is 44.2 Å². The van der Waals surface area contributed by atoms with Gasteiger partial charge in [0.25, 0.3) is 0 Å². The van der Waals surface area contributed by atoms with Crippen LogP contribution in [0.4, 0.5) is 0 Å². The number of aryl methyl sites for hydroxylation is 2. The first-order chi connectivity index (χ1) is 16.5. The molecule has 1 fully saturated rings. The summed E-state index contributed by atoms with van der Waals surface area (Å²) in [6, 6.07) is 15.9. The van der Waals surface area contributed by atoms with Gasteiger partial charge in [0.15, 0.2) is 5.82 Å². The zero-order valence-corrected chi connectivity index (χ0v) is 20.4. The molecule has 4 aromatic rings. The number of para-hydroxylation sites is 1. The molecule has 1 saturated heterocycles. The molecule has 2 aliphatic rings. The molecule has 1 unspecified atom stereocenters. The smallest absolute Gasteiger partial charge is 0.157 e. The number of nitrogens with two attached hydrogens (primary N) is 1. The van der Waals surface area contributed by atoms with E-state index < -0.39 is 0 Å². The van der Waals surface area contributed by atoms with Gasteiger partial charge in [-0.1, -0.05) is 38.6 Å². The number of hydrogen-bond donors (Lipinski definition) is 1. The van der Waals surface area contributed by atoms with Crippen molar-refractivity contribution in [3.63, 3.8) is 0 Å². The van der Waals surface area contributed by atoms with Gasteiger partial charge in [0.1, 0.15) is 0 Å². The Bertz CT molecular complexity index is 1390. The highest BCUT2D eigenvalue weighted by atomic mass is 15.2. The molecule has 6 rings (SSSR count). The van der Waals surface area contributed by atoms with E-state index in [2.05, 4.69) is 76.9 Å². The molecule has 0 spiro atoms. The van der Waals surface area contributed by atoms with Gasteiger partial charge in [-0.05, 0) is 67.0 Å². The fourth-order valence-corrected chi connectivity index (χ4v) is 5.95. The molecule has 176 valence electrons. The summed E-state index contributed by atoms with van der Waals surface area (Å²) in [5.74, 6) is 1.65. The van der Waals surface area contributed by atoms with Crippen molar-refractivity contribution in [2.45, 2.75) is 58.7 Å². The lowest BCUT2D eigenvalue weighted by Gasteiger charge is -2.34. The number of aromatic nitrogens is 3. The minimum absolute atomic E-state index is 0.237. The lowest BCUT2D eigenvalue weighted by molar-refractivity contribution is 0.296. The van der Waals surface area contributed by atoms with Crippen molar-refractivity contribution < 1.29 is 0 Å². The predicted octanol–water partition coefficient (Wildman–Crippen LogP) is 5.65. The minimum atomic E-state index is 0.237. The average molecular weight is 454 g/mol. The Balaban J connectivity index is 1.49. The van der Waals surface area contributed by atoms with Crippen LogP contribution in [0, 0.1) is 5.92 Å². The molecule has 2 aromatic carbocycles. The van der Waals surface area contributed by atoms with Crippen LogP contribution in [-0.2, 0) is 19.5 Å². The van der Waals surface area contributed by atoms with Crippen LogP contribution < -0.4 is 5.73 Å². The van der Waals surface area contributed by atoms with Crippen molar-refractivity contribution in [1.82, 2.24) is 19.0 Å². The molecule has 2 aromatic heterocycles. The molecule has 2 N–H and O–H groups in total. The zero-order chi connectivity index (χ0) is 23.4. The maximum absolute atomic E-state index is 6.26. The fourth-order valence-electron chi connectivity index (χ4n) is 5.95. The Morgan fingerprint density at radius 1 is 1.15 bits per heavy atom. The molecule has 0 radical (unpaired) electrons. The van der Waals surface area contributed by atoms with Crippen LogP contribution in [0.15, 0.2) is 49.0 Å². The Morgan fingerprint density at radius 2 is 2.00 bits per heavy atom. The Morgan fingerprint density at radius 3 is 2.82 bits per heavy atom. The van der Waals surface area contributed by atoms with E-state index in [1.165, 1.54) is 33.2 Å². The monoisotopic (exact) mass is 453 g/mol. The van der Waals surface area contributed by atoms with Crippen molar-refractivity contribution in [3.8, 4) is 11.5 Å². The molecule has 34 heavy (non-hydrogen) atoms. The SMILES string of the molecule is C=C(c1cc2c3c(c1)nc(-c1cc4ccccc4n1CC(C)C)n3CCC2)N1CCCC(N)C1. The maximum atomic E-state index is 6.26. The summed E-state index contributed by atoms with van der Waals surface area (Å²) < 4.78 is 4.93. The minimum Gasteiger partial charge on any atom is -0.370 e. The third-order valence-corrected chi connectivity index (χ3v) is 7.51. The Kier molecular flexibility index (Phi) is 5.25. The number of likely N-dealkylation sites (tertiary alicyclic amines) is 1. The summed E-state index contributed by atoms with van der Waals surface area (Å²) >= 11 is 0. The lowest BCUT2D eigenvalue weighted by atomic mass is 9.98. The first-order valence-electron chi connectivity index (χ1n) is 12.8. The molecule has 5 nitrogen and oxygen atoms in total. The summed E-state index contributed by atoms with van der Waals surface area (Å²) in [4.78, 5) is 7.64. The largest absolute Gasteiger partial charge is 0.370 e. The van der Waals surface area contributed by atoms with Gasteiger partial charge in [0.2, 0.25) is 0 Å². The van der Waals surface area contributed by atoms with Crippen molar-refractivity contribution >= 4 is 27.6 Å². The first-order valence-corrected chi connectivity index (χ1v) is 12.8. The van der Waals surface area contributed by atoms with E-state index in [9.17, 15) is 0 Å². The summed E-state index contributed by atoms with van der Waals surface area (Å²) in [5, 5.41) is 1.28. The molecule has 1 atom stereocenters. The third-order valence-electron chi connectivity index (χ3n) is 7.51. The number of nitrogens with zero attached hydrogens (tertiary/aromatic N) is 4. The standard InChI is InChI=1S/C29H35N5/c1-19(2)17-34-26-11-5-4-8-21(26)16-27(34)29-31-25-15-23(14-22-9-6-13-33(29)28(22)25)20(3)32-12-7-10-24(30)18-32/h4-5,8,11,14-16,19,24H,3,6-7,9-10,12-13,17-18,30H2,1-2H3. The second kappa shape index (κ2) is 8.31.